The van der Waals surface area contributed by atoms with E-state index in [1.54, 1.807) is 18.2 Å². The van der Waals surface area contributed by atoms with Crippen LogP contribution in [-0.2, 0) is 10.0 Å². The van der Waals surface area contributed by atoms with Gasteiger partial charge in [-0.05, 0) is 66.4 Å². The molecule has 0 aliphatic heterocycles. The first-order valence-corrected chi connectivity index (χ1v) is 9.47. The Morgan fingerprint density at radius 2 is 2.05 bits per heavy atom. The number of unbranched alkanes of at least 4 members (excludes halogenated alkanes) is 1. The molecule has 1 aliphatic carbocycles. The van der Waals surface area contributed by atoms with Gasteiger partial charge in [0, 0.05) is 15.5 Å². The van der Waals surface area contributed by atoms with Crippen LogP contribution in [0.4, 0.5) is 5.69 Å². The zero-order valence-corrected chi connectivity index (χ0v) is 14.2. The lowest BCUT2D eigenvalue weighted by Gasteiger charge is -2.10. The standard InChI is InChI=1S/C13H18BrClN2O2S/c14-12-9-10(15)3-6-13(12)17-20(18,19)8-2-1-7-16-11-4-5-11/h3,6,9,11,16-17H,1-2,4-5,7-8H2. The fourth-order valence-electron chi connectivity index (χ4n) is 1.80. The predicted molar refractivity (Wildman–Crippen MR) is 86.8 cm³/mol. The van der Waals surface area contributed by atoms with E-state index in [1.165, 1.54) is 12.8 Å². The largest absolute Gasteiger partial charge is 0.314 e. The maximum Gasteiger partial charge on any atom is 0.232 e. The van der Waals surface area contributed by atoms with Gasteiger partial charge in [-0.15, -0.1) is 0 Å². The van der Waals surface area contributed by atoms with Gasteiger partial charge in [0.1, 0.15) is 0 Å². The van der Waals surface area contributed by atoms with E-state index in [-0.39, 0.29) is 5.75 Å². The smallest absolute Gasteiger partial charge is 0.232 e. The molecule has 0 bridgehead atoms. The Balaban J connectivity index is 1.77. The highest BCUT2D eigenvalue weighted by molar-refractivity contribution is 9.10. The second-order valence-electron chi connectivity index (χ2n) is 4.98. The molecule has 1 fully saturated rings. The summed E-state index contributed by atoms with van der Waals surface area (Å²) in [5.41, 5.74) is 0.519. The SMILES string of the molecule is O=S(=O)(CCCCNC1CC1)Nc1ccc(Cl)cc1Br. The summed E-state index contributed by atoms with van der Waals surface area (Å²) >= 11 is 9.12. The molecule has 7 heteroatoms. The van der Waals surface area contributed by atoms with Gasteiger partial charge in [0.15, 0.2) is 0 Å². The zero-order chi connectivity index (χ0) is 14.6. The van der Waals surface area contributed by atoms with Crippen molar-refractivity contribution in [1.82, 2.24) is 5.32 Å². The number of rotatable bonds is 8. The van der Waals surface area contributed by atoms with E-state index in [2.05, 4.69) is 26.0 Å². The lowest BCUT2D eigenvalue weighted by atomic mass is 10.3. The van der Waals surface area contributed by atoms with Crippen LogP contribution in [-0.4, -0.2) is 26.8 Å². The van der Waals surface area contributed by atoms with Crippen LogP contribution >= 0.6 is 27.5 Å². The third kappa shape index (κ3) is 5.60. The van der Waals surface area contributed by atoms with E-state index in [0.717, 1.165) is 13.0 Å². The van der Waals surface area contributed by atoms with Crippen molar-refractivity contribution < 1.29 is 8.42 Å². The summed E-state index contributed by atoms with van der Waals surface area (Å²) in [6.07, 6.45) is 4.04. The molecular weight excluding hydrogens is 364 g/mol. The number of benzene rings is 1. The topological polar surface area (TPSA) is 58.2 Å². The second-order valence-corrected chi connectivity index (χ2v) is 8.11. The molecule has 0 heterocycles. The van der Waals surface area contributed by atoms with Gasteiger partial charge in [-0.3, -0.25) is 4.72 Å². The van der Waals surface area contributed by atoms with Crippen LogP contribution in [0.25, 0.3) is 0 Å². The summed E-state index contributed by atoms with van der Waals surface area (Å²) in [5.74, 6) is 0.133. The summed E-state index contributed by atoms with van der Waals surface area (Å²) in [5, 5.41) is 3.93. The fourth-order valence-corrected chi connectivity index (χ4v) is 3.91. The quantitative estimate of drug-likeness (QED) is 0.679. The molecule has 0 amide bonds. The van der Waals surface area contributed by atoms with Crippen molar-refractivity contribution in [3.63, 3.8) is 0 Å². The van der Waals surface area contributed by atoms with Crippen LogP contribution in [0.15, 0.2) is 22.7 Å². The maximum absolute atomic E-state index is 12.0. The van der Waals surface area contributed by atoms with Crippen LogP contribution in [0.3, 0.4) is 0 Å². The molecular formula is C13H18BrClN2O2S. The molecule has 4 nitrogen and oxygen atoms in total. The van der Waals surface area contributed by atoms with Gasteiger partial charge in [-0.2, -0.15) is 0 Å². The van der Waals surface area contributed by atoms with Crippen molar-refractivity contribution in [2.75, 3.05) is 17.0 Å². The van der Waals surface area contributed by atoms with E-state index < -0.39 is 10.0 Å². The Morgan fingerprint density at radius 3 is 2.70 bits per heavy atom. The number of halogens is 2. The van der Waals surface area contributed by atoms with Crippen LogP contribution in [0.2, 0.25) is 5.02 Å². The summed E-state index contributed by atoms with van der Waals surface area (Å²) in [6, 6.07) is 5.65. The Kier molecular flexibility index (Phi) is 5.72. The average Bonchev–Trinajstić information content (AvgIpc) is 3.16. The normalized spacial score (nSPS) is 15.3. The molecule has 0 atom stereocenters. The Labute approximate surface area is 133 Å². The number of hydrogen-bond acceptors (Lipinski definition) is 3. The molecule has 1 aromatic carbocycles. The van der Waals surface area contributed by atoms with Crippen molar-refractivity contribution in [3.05, 3.63) is 27.7 Å². The molecule has 20 heavy (non-hydrogen) atoms. The molecule has 0 spiro atoms. The molecule has 0 unspecified atom stereocenters. The molecule has 112 valence electrons. The minimum absolute atomic E-state index is 0.133. The third-order valence-electron chi connectivity index (χ3n) is 3.05. The first kappa shape index (κ1) is 16.1. The first-order valence-electron chi connectivity index (χ1n) is 6.65. The van der Waals surface area contributed by atoms with E-state index in [1.807, 2.05) is 0 Å². The fraction of sp³-hybridized carbons (Fsp3) is 0.538. The molecule has 0 saturated heterocycles. The van der Waals surface area contributed by atoms with E-state index in [4.69, 9.17) is 11.6 Å². The molecule has 0 radical (unpaired) electrons. The highest BCUT2D eigenvalue weighted by Crippen LogP contribution is 2.26. The Morgan fingerprint density at radius 1 is 1.30 bits per heavy atom. The van der Waals surface area contributed by atoms with Crippen LogP contribution in [0.5, 0.6) is 0 Å². The lowest BCUT2D eigenvalue weighted by molar-refractivity contribution is 0.591. The van der Waals surface area contributed by atoms with Gasteiger partial charge in [0.05, 0.1) is 11.4 Å². The summed E-state index contributed by atoms with van der Waals surface area (Å²) < 4.78 is 27.1. The Hall–Kier alpha value is -0.300. The third-order valence-corrected chi connectivity index (χ3v) is 5.30. The van der Waals surface area contributed by atoms with Crippen molar-refractivity contribution in [2.45, 2.75) is 31.7 Å². The van der Waals surface area contributed by atoms with Crippen molar-refractivity contribution in [2.24, 2.45) is 0 Å². The average molecular weight is 382 g/mol. The van der Waals surface area contributed by atoms with E-state index in [0.29, 0.717) is 27.6 Å². The number of sulfonamides is 1. The first-order chi connectivity index (χ1) is 9.46. The van der Waals surface area contributed by atoms with Crippen molar-refractivity contribution in [1.29, 1.82) is 0 Å². The summed E-state index contributed by atoms with van der Waals surface area (Å²) in [4.78, 5) is 0. The highest BCUT2D eigenvalue weighted by atomic mass is 79.9. The minimum Gasteiger partial charge on any atom is -0.314 e. The van der Waals surface area contributed by atoms with Gasteiger partial charge in [0.25, 0.3) is 0 Å². The predicted octanol–water partition coefficient (Wildman–Crippen LogP) is 3.38. The van der Waals surface area contributed by atoms with Gasteiger partial charge < -0.3 is 5.32 Å². The Bertz CT molecular complexity index is 561. The molecule has 0 aromatic heterocycles. The summed E-state index contributed by atoms with van der Waals surface area (Å²) in [6.45, 7) is 0.894. The molecule has 1 saturated carbocycles. The monoisotopic (exact) mass is 380 g/mol. The van der Waals surface area contributed by atoms with Crippen LogP contribution < -0.4 is 10.0 Å². The zero-order valence-electron chi connectivity index (χ0n) is 11.0. The minimum atomic E-state index is -3.31. The maximum atomic E-state index is 12.0. The number of nitrogens with one attached hydrogen (secondary N) is 2. The molecule has 2 rings (SSSR count). The molecule has 2 N–H and O–H groups in total. The van der Waals surface area contributed by atoms with Gasteiger partial charge >= 0.3 is 0 Å². The van der Waals surface area contributed by atoms with Crippen molar-refractivity contribution in [3.8, 4) is 0 Å². The van der Waals surface area contributed by atoms with Gasteiger partial charge in [-0.1, -0.05) is 11.6 Å². The molecule has 1 aromatic rings. The lowest BCUT2D eigenvalue weighted by Crippen LogP contribution is -2.20. The second kappa shape index (κ2) is 7.11. The van der Waals surface area contributed by atoms with E-state index in [9.17, 15) is 8.42 Å². The van der Waals surface area contributed by atoms with Crippen LogP contribution in [0.1, 0.15) is 25.7 Å². The summed E-state index contributed by atoms with van der Waals surface area (Å²) in [7, 11) is -3.31. The number of anilines is 1. The number of hydrogen-bond donors (Lipinski definition) is 2. The van der Waals surface area contributed by atoms with E-state index >= 15 is 0 Å². The van der Waals surface area contributed by atoms with Gasteiger partial charge in [0.2, 0.25) is 10.0 Å². The van der Waals surface area contributed by atoms with Crippen LogP contribution in [0, 0.1) is 0 Å². The molecule has 1 aliphatic rings. The highest BCUT2D eigenvalue weighted by Gasteiger charge is 2.19. The van der Waals surface area contributed by atoms with Gasteiger partial charge in [-0.25, -0.2) is 8.42 Å². The van der Waals surface area contributed by atoms with Crippen molar-refractivity contribution >= 4 is 43.2 Å².